The van der Waals surface area contributed by atoms with Gasteiger partial charge in [-0.25, -0.2) is 0 Å². The second-order valence-electron chi connectivity index (χ2n) is 6.18. The highest BCUT2D eigenvalue weighted by molar-refractivity contribution is 6.31. The minimum atomic E-state index is -0.253. The average molecular weight is 293 g/mol. The summed E-state index contributed by atoms with van der Waals surface area (Å²) in [5.41, 5.74) is 0.949. The van der Waals surface area contributed by atoms with Crippen LogP contribution in [-0.2, 0) is 9.53 Å². The highest BCUT2D eigenvalue weighted by Crippen LogP contribution is 2.62. The Bertz CT molecular complexity index is 505. The molecule has 0 aromatic heterocycles. The maximum atomic E-state index is 12.4. The Morgan fingerprint density at radius 3 is 2.60 bits per heavy atom. The molecule has 2 unspecified atom stereocenters. The molecule has 0 spiro atoms. The minimum Gasteiger partial charge on any atom is -0.469 e. The van der Waals surface area contributed by atoms with E-state index in [0.717, 1.165) is 37.1 Å². The number of methoxy groups -OCH3 is 1. The Morgan fingerprint density at radius 1 is 1.25 bits per heavy atom. The normalized spacial score (nSPS) is 27.9. The van der Waals surface area contributed by atoms with Crippen molar-refractivity contribution in [3.63, 3.8) is 0 Å². The lowest BCUT2D eigenvalue weighted by Crippen LogP contribution is -2.37. The van der Waals surface area contributed by atoms with Crippen molar-refractivity contribution in [1.29, 1.82) is 0 Å². The highest BCUT2D eigenvalue weighted by Gasteiger charge is 2.58. The van der Waals surface area contributed by atoms with Gasteiger partial charge in [0, 0.05) is 5.02 Å². The molecule has 0 saturated heterocycles. The van der Waals surface area contributed by atoms with E-state index in [4.69, 9.17) is 16.3 Å². The van der Waals surface area contributed by atoms with E-state index in [-0.39, 0.29) is 11.4 Å². The van der Waals surface area contributed by atoms with Crippen molar-refractivity contribution in [3.8, 4) is 0 Å². The molecular weight excluding hydrogens is 272 g/mol. The first-order valence-corrected chi connectivity index (χ1v) is 7.90. The molecule has 0 aliphatic heterocycles. The minimum absolute atomic E-state index is 0.00301. The van der Waals surface area contributed by atoms with Crippen LogP contribution in [-0.4, -0.2) is 13.1 Å². The van der Waals surface area contributed by atoms with Crippen LogP contribution in [0.3, 0.4) is 0 Å². The predicted octanol–water partition coefficient (Wildman–Crippen LogP) is 4.57. The van der Waals surface area contributed by atoms with Gasteiger partial charge in [0.2, 0.25) is 0 Å². The molecule has 0 heterocycles. The Labute approximate surface area is 125 Å². The molecule has 3 heteroatoms. The lowest BCUT2D eigenvalue weighted by molar-refractivity contribution is -0.156. The summed E-state index contributed by atoms with van der Waals surface area (Å²) in [5, 5.41) is 0.829. The van der Waals surface area contributed by atoms with E-state index in [0.29, 0.717) is 11.8 Å². The van der Waals surface area contributed by atoms with Gasteiger partial charge in [-0.15, -0.1) is 0 Å². The van der Waals surface area contributed by atoms with Crippen LogP contribution in [0.4, 0.5) is 0 Å². The van der Waals surface area contributed by atoms with Crippen molar-refractivity contribution in [2.75, 3.05) is 7.11 Å². The first-order valence-electron chi connectivity index (χ1n) is 7.52. The number of hydrogen-bond donors (Lipinski definition) is 0. The van der Waals surface area contributed by atoms with Crippen LogP contribution in [0.1, 0.15) is 50.0 Å². The van der Waals surface area contributed by atoms with Crippen molar-refractivity contribution in [2.24, 2.45) is 11.3 Å². The topological polar surface area (TPSA) is 26.3 Å². The Balaban J connectivity index is 1.85. The van der Waals surface area contributed by atoms with Crippen LogP contribution in [0.2, 0.25) is 5.02 Å². The van der Waals surface area contributed by atoms with Gasteiger partial charge in [-0.05, 0) is 42.7 Å². The largest absolute Gasteiger partial charge is 0.469 e. The number of carbonyl (C=O) groups is 1. The van der Waals surface area contributed by atoms with Crippen LogP contribution in [0.5, 0.6) is 0 Å². The van der Waals surface area contributed by atoms with Gasteiger partial charge in [0.05, 0.1) is 12.5 Å². The van der Waals surface area contributed by atoms with E-state index in [1.54, 1.807) is 0 Å². The molecule has 1 aromatic rings. The predicted molar refractivity (Wildman–Crippen MR) is 79.8 cm³/mol. The number of carbonyl (C=O) groups excluding carboxylic acids is 1. The van der Waals surface area contributed by atoms with E-state index >= 15 is 0 Å². The Hall–Kier alpha value is -1.02. The highest BCUT2D eigenvalue weighted by atomic mass is 35.5. The molecule has 1 aromatic carbocycles. The zero-order valence-electron chi connectivity index (χ0n) is 11.9. The Kier molecular flexibility index (Phi) is 3.76. The summed E-state index contributed by atoms with van der Waals surface area (Å²) < 4.78 is 5.14. The standard InChI is InChI=1S/C17H21ClO2/c1-20-16(19)17(9-5-2-6-10-17)14-11-13(14)12-7-3-4-8-15(12)18/h3-4,7-8,13-14H,2,5-6,9-11H2,1H3. The molecule has 20 heavy (non-hydrogen) atoms. The fraction of sp³-hybridized carbons (Fsp3) is 0.588. The van der Waals surface area contributed by atoms with Crippen molar-refractivity contribution in [3.05, 3.63) is 34.9 Å². The van der Waals surface area contributed by atoms with Crippen molar-refractivity contribution in [2.45, 2.75) is 44.4 Å². The first-order chi connectivity index (χ1) is 9.69. The second-order valence-corrected chi connectivity index (χ2v) is 6.59. The van der Waals surface area contributed by atoms with E-state index in [1.165, 1.54) is 19.1 Å². The number of esters is 1. The molecule has 0 bridgehead atoms. The van der Waals surface area contributed by atoms with Crippen LogP contribution in [0.15, 0.2) is 24.3 Å². The summed E-state index contributed by atoms with van der Waals surface area (Å²) >= 11 is 6.31. The third-order valence-electron chi connectivity index (χ3n) is 5.14. The van der Waals surface area contributed by atoms with Crippen LogP contribution in [0.25, 0.3) is 0 Å². The summed E-state index contributed by atoms with van der Waals surface area (Å²) in [6.45, 7) is 0. The number of halogens is 1. The van der Waals surface area contributed by atoms with Gasteiger partial charge in [-0.3, -0.25) is 4.79 Å². The van der Waals surface area contributed by atoms with Crippen molar-refractivity contribution < 1.29 is 9.53 Å². The summed E-state index contributed by atoms with van der Waals surface area (Å²) in [7, 11) is 1.52. The summed E-state index contributed by atoms with van der Waals surface area (Å²) in [6, 6.07) is 8.03. The third-order valence-corrected chi connectivity index (χ3v) is 5.49. The van der Waals surface area contributed by atoms with Crippen LogP contribution in [0, 0.1) is 11.3 Å². The molecule has 108 valence electrons. The molecular formula is C17H21ClO2. The maximum absolute atomic E-state index is 12.4. The second kappa shape index (κ2) is 5.40. The van der Waals surface area contributed by atoms with Gasteiger partial charge >= 0.3 is 5.97 Å². The third kappa shape index (κ3) is 2.24. The van der Waals surface area contributed by atoms with E-state index in [1.807, 2.05) is 18.2 Å². The van der Waals surface area contributed by atoms with Gasteiger partial charge in [0.25, 0.3) is 0 Å². The van der Waals surface area contributed by atoms with Gasteiger partial charge in [0.1, 0.15) is 0 Å². The molecule has 0 radical (unpaired) electrons. The molecule has 0 N–H and O–H groups in total. The lowest BCUT2D eigenvalue weighted by atomic mass is 9.69. The molecule has 2 fully saturated rings. The summed E-state index contributed by atoms with van der Waals surface area (Å²) in [5.74, 6) is 0.841. The molecule has 2 nitrogen and oxygen atoms in total. The summed E-state index contributed by atoms with van der Waals surface area (Å²) in [6.07, 6.45) is 6.54. The number of rotatable bonds is 3. The SMILES string of the molecule is COC(=O)C1(C2CC2c2ccccc2Cl)CCCCC1. The fourth-order valence-corrected chi connectivity index (χ4v) is 4.31. The van der Waals surface area contributed by atoms with Crippen LogP contribution < -0.4 is 0 Å². The Morgan fingerprint density at radius 2 is 1.95 bits per heavy atom. The average Bonchev–Trinajstić information content (AvgIpc) is 3.28. The molecule has 2 atom stereocenters. The fourth-order valence-electron chi connectivity index (χ4n) is 4.04. The van der Waals surface area contributed by atoms with Gasteiger partial charge in [-0.1, -0.05) is 49.1 Å². The van der Waals surface area contributed by atoms with E-state index in [9.17, 15) is 4.79 Å². The number of benzene rings is 1. The monoisotopic (exact) mass is 292 g/mol. The number of ether oxygens (including phenoxy) is 1. The van der Waals surface area contributed by atoms with Crippen molar-refractivity contribution in [1.82, 2.24) is 0 Å². The van der Waals surface area contributed by atoms with Crippen LogP contribution >= 0.6 is 11.6 Å². The first kappa shape index (κ1) is 13.9. The van der Waals surface area contributed by atoms with E-state index < -0.39 is 0 Å². The smallest absolute Gasteiger partial charge is 0.312 e. The molecule has 2 aliphatic carbocycles. The molecule has 2 aliphatic rings. The summed E-state index contributed by atoms with van der Waals surface area (Å²) in [4.78, 5) is 12.4. The molecule has 0 amide bonds. The van der Waals surface area contributed by atoms with Gasteiger partial charge < -0.3 is 4.74 Å². The lowest BCUT2D eigenvalue weighted by Gasteiger charge is -2.35. The quantitative estimate of drug-likeness (QED) is 0.763. The molecule has 2 saturated carbocycles. The zero-order chi connectivity index (χ0) is 14.2. The zero-order valence-corrected chi connectivity index (χ0v) is 12.7. The molecule has 3 rings (SSSR count). The maximum Gasteiger partial charge on any atom is 0.312 e. The van der Waals surface area contributed by atoms with Gasteiger partial charge in [-0.2, -0.15) is 0 Å². The van der Waals surface area contributed by atoms with Gasteiger partial charge in [0.15, 0.2) is 0 Å². The van der Waals surface area contributed by atoms with Crippen molar-refractivity contribution >= 4 is 17.6 Å². The number of hydrogen-bond acceptors (Lipinski definition) is 2. The van der Waals surface area contributed by atoms with E-state index in [2.05, 4.69) is 6.07 Å².